The smallest absolute Gasteiger partial charge is 0.285 e. The van der Waals surface area contributed by atoms with Gasteiger partial charge >= 0.3 is 0 Å². The third-order valence-electron chi connectivity index (χ3n) is 4.63. The Morgan fingerprint density at radius 2 is 1.92 bits per heavy atom. The number of aromatic nitrogens is 1. The maximum Gasteiger partial charge on any atom is 0.285 e. The Labute approximate surface area is 151 Å². The topological polar surface area (TPSA) is 102 Å². The number of ketones is 1. The van der Waals surface area contributed by atoms with Gasteiger partial charge in [-0.2, -0.15) is 0 Å². The van der Waals surface area contributed by atoms with E-state index in [0.29, 0.717) is 15.6 Å². The van der Waals surface area contributed by atoms with Crippen molar-refractivity contribution in [2.45, 2.75) is 26.0 Å². The first-order chi connectivity index (χ1) is 11.6. The Hall–Kier alpha value is -2.32. The van der Waals surface area contributed by atoms with Gasteiger partial charge in [-0.15, -0.1) is 0 Å². The molecule has 130 valence electrons. The molecule has 2 atom stereocenters. The summed E-state index contributed by atoms with van der Waals surface area (Å²) in [6.07, 6.45) is -0.117. The van der Waals surface area contributed by atoms with Gasteiger partial charge in [0.2, 0.25) is 0 Å². The highest BCUT2D eigenvalue weighted by Gasteiger charge is 2.48. The summed E-state index contributed by atoms with van der Waals surface area (Å²) in [5.41, 5.74) is -1.06. The predicted octanol–water partition coefficient (Wildman–Crippen LogP) is 2.69. The molecule has 3 rings (SSSR count). The fourth-order valence-corrected chi connectivity index (χ4v) is 3.53. The zero-order chi connectivity index (χ0) is 18.5. The Bertz CT molecular complexity index is 950. The molecular formula is C17H15BrN2O5. The molecule has 1 aliphatic rings. The average molecular weight is 407 g/mol. The molecule has 0 aliphatic heterocycles. The zero-order valence-corrected chi connectivity index (χ0v) is 15.1. The van der Waals surface area contributed by atoms with Crippen LogP contribution in [0.4, 0.5) is 5.69 Å². The molecule has 1 N–H and O–H groups in total. The summed E-state index contributed by atoms with van der Waals surface area (Å²) >= 11 is 3.33. The second-order valence-electron chi connectivity index (χ2n) is 6.56. The van der Waals surface area contributed by atoms with Crippen molar-refractivity contribution in [2.24, 2.45) is 5.41 Å². The highest BCUT2D eigenvalue weighted by atomic mass is 79.9. The number of hydrogen-bond acceptors (Lipinski definition) is 5. The van der Waals surface area contributed by atoms with E-state index in [1.54, 1.807) is 32.0 Å². The van der Waals surface area contributed by atoms with Crippen molar-refractivity contribution in [1.29, 1.82) is 0 Å². The molecule has 0 fully saturated rings. The summed E-state index contributed by atoms with van der Waals surface area (Å²) in [4.78, 5) is 35.6. The van der Waals surface area contributed by atoms with Crippen molar-refractivity contribution >= 4 is 27.4 Å². The number of halogens is 1. The number of nitrogens with zero attached hydrogens (tertiary/aromatic N) is 2. The van der Waals surface area contributed by atoms with Crippen LogP contribution in [-0.4, -0.2) is 26.5 Å². The molecule has 7 nitrogen and oxygen atoms in total. The molecule has 0 saturated heterocycles. The van der Waals surface area contributed by atoms with Crippen molar-refractivity contribution in [3.63, 3.8) is 0 Å². The van der Waals surface area contributed by atoms with Gasteiger partial charge in [0, 0.05) is 22.2 Å². The van der Waals surface area contributed by atoms with Gasteiger partial charge in [0.05, 0.1) is 28.7 Å². The van der Waals surface area contributed by atoms with Crippen LogP contribution in [0.2, 0.25) is 0 Å². The molecule has 2 aromatic rings. The molecule has 1 heterocycles. The summed E-state index contributed by atoms with van der Waals surface area (Å²) in [5, 5.41) is 21.9. The lowest BCUT2D eigenvalue weighted by Gasteiger charge is -2.41. The van der Waals surface area contributed by atoms with E-state index in [4.69, 9.17) is 0 Å². The zero-order valence-electron chi connectivity index (χ0n) is 13.5. The van der Waals surface area contributed by atoms with E-state index in [0.717, 1.165) is 22.9 Å². The number of fused-ring (bicyclic) bond motifs is 1. The van der Waals surface area contributed by atoms with Gasteiger partial charge in [-0.05, 0) is 37.6 Å². The van der Waals surface area contributed by atoms with E-state index in [1.807, 2.05) is 0 Å². The van der Waals surface area contributed by atoms with Crippen LogP contribution in [0.1, 0.15) is 35.8 Å². The number of pyridine rings is 1. The third kappa shape index (κ3) is 2.71. The van der Waals surface area contributed by atoms with Gasteiger partial charge in [-0.25, -0.2) is 0 Å². The predicted molar refractivity (Wildman–Crippen MR) is 93.8 cm³/mol. The monoisotopic (exact) mass is 406 g/mol. The number of carbonyl (C=O) groups is 1. The minimum absolute atomic E-state index is 0.239. The molecule has 0 amide bonds. The van der Waals surface area contributed by atoms with Crippen molar-refractivity contribution < 1.29 is 14.8 Å². The van der Waals surface area contributed by atoms with Gasteiger partial charge in [-0.1, -0.05) is 15.9 Å². The van der Waals surface area contributed by atoms with Crippen LogP contribution in [0, 0.1) is 15.5 Å². The Morgan fingerprint density at radius 1 is 1.24 bits per heavy atom. The standard InChI is InChI=1S/C17H15BrN2O5/c1-17(2)15(22)11-5-3-9(18)7-12(11)14(16(17)23)19-8-10(20(24)25)4-6-13(19)21/h3-8,14,16,23H,1-2H3/t14-,16+/m0/s1. The normalized spacial score (nSPS) is 21.7. The van der Waals surface area contributed by atoms with Gasteiger partial charge in [0.1, 0.15) is 0 Å². The summed E-state index contributed by atoms with van der Waals surface area (Å²) in [6, 6.07) is 6.29. The molecule has 1 aliphatic carbocycles. The van der Waals surface area contributed by atoms with Crippen molar-refractivity contribution in [1.82, 2.24) is 4.57 Å². The lowest BCUT2D eigenvalue weighted by molar-refractivity contribution is -0.385. The van der Waals surface area contributed by atoms with Crippen LogP contribution in [-0.2, 0) is 0 Å². The van der Waals surface area contributed by atoms with E-state index in [9.17, 15) is 24.8 Å². The molecule has 8 heteroatoms. The molecule has 25 heavy (non-hydrogen) atoms. The van der Waals surface area contributed by atoms with E-state index in [1.165, 1.54) is 0 Å². The fourth-order valence-electron chi connectivity index (χ4n) is 3.15. The molecule has 0 saturated carbocycles. The minimum Gasteiger partial charge on any atom is -0.390 e. The molecule has 1 aromatic heterocycles. The number of aliphatic hydroxyl groups is 1. The number of aliphatic hydroxyl groups excluding tert-OH is 1. The second-order valence-corrected chi connectivity index (χ2v) is 7.48. The number of hydrogen-bond donors (Lipinski definition) is 1. The molecule has 0 unspecified atom stereocenters. The summed E-state index contributed by atoms with van der Waals surface area (Å²) in [6.45, 7) is 3.20. The summed E-state index contributed by atoms with van der Waals surface area (Å²) in [5.74, 6) is -0.239. The van der Waals surface area contributed by atoms with Gasteiger partial charge in [0.15, 0.2) is 5.78 Å². The van der Waals surface area contributed by atoms with Crippen LogP contribution < -0.4 is 5.56 Å². The Balaban J connectivity index is 2.32. The largest absolute Gasteiger partial charge is 0.390 e. The van der Waals surface area contributed by atoms with Crippen LogP contribution in [0.5, 0.6) is 0 Å². The lowest BCUT2D eigenvalue weighted by atomic mass is 9.68. The van der Waals surface area contributed by atoms with Gasteiger partial charge < -0.3 is 5.11 Å². The first-order valence-electron chi connectivity index (χ1n) is 7.53. The SMILES string of the molecule is CC1(C)C(=O)c2ccc(Br)cc2[C@H](n2cc([N+](=O)[O-])ccc2=O)[C@H]1O. The van der Waals surface area contributed by atoms with Crippen LogP contribution in [0.15, 0.2) is 45.8 Å². The minimum atomic E-state index is -1.22. The highest BCUT2D eigenvalue weighted by Crippen LogP contribution is 2.43. The van der Waals surface area contributed by atoms with Crippen LogP contribution in [0.25, 0.3) is 0 Å². The average Bonchev–Trinajstić information content (AvgIpc) is 2.55. The summed E-state index contributed by atoms with van der Waals surface area (Å²) < 4.78 is 1.80. The second kappa shape index (κ2) is 5.89. The molecular weight excluding hydrogens is 392 g/mol. The van der Waals surface area contributed by atoms with Crippen LogP contribution in [0.3, 0.4) is 0 Å². The maximum absolute atomic E-state index is 12.7. The third-order valence-corrected chi connectivity index (χ3v) is 5.13. The van der Waals surface area contributed by atoms with Crippen molar-refractivity contribution in [2.75, 3.05) is 0 Å². The first-order valence-corrected chi connectivity index (χ1v) is 8.33. The molecule has 0 bridgehead atoms. The number of rotatable bonds is 2. The summed E-state index contributed by atoms with van der Waals surface area (Å²) in [7, 11) is 0. The Kier molecular flexibility index (Phi) is 4.12. The quantitative estimate of drug-likeness (QED) is 0.609. The first kappa shape index (κ1) is 17.5. The van der Waals surface area contributed by atoms with Crippen molar-refractivity contribution in [3.8, 4) is 0 Å². The molecule has 1 aromatic carbocycles. The van der Waals surface area contributed by atoms with Crippen molar-refractivity contribution in [3.05, 3.63) is 72.6 Å². The highest BCUT2D eigenvalue weighted by molar-refractivity contribution is 9.10. The molecule has 0 spiro atoms. The fraction of sp³-hybridized carbons (Fsp3) is 0.294. The van der Waals surface area contributed by atoms with E-state index in [-0.39, 0.29) is 11.5 Å². The van der Waals surface area contributed by atoms with Crippen LogP contribution >= 0.6 is 15.9 Å². The number of benzene rings is 1. The maximum atomic E-state index is 12.7. The van der Waals surface area contributed by atoms with E-state index >= 15 is 0 Å². The number of carbonyl (C=O) groups excluding carboxylic acids is 1. The Morgan fingerprint density at radius 3 is 2.56 bits per heavy atom. The van der Waals surface area contributed by atoms with Gasteiger partial charge in [-0.3, -0.25) is 24.3 Å². The van der Waals surface area contributed by atoms with E-state index < -0.39 is 28.0 Å². The number of Topliss-reactive ketones (excluding diaryl/α,β-unsaturated/α-hetero) is 1. The van der Waals surface area contributed by atoms with Gasteiger partial charge in [0.25, 0.3) is 11.2 Å². The molecule has 0 radical (unpaired) electrons. The van der Waals surface area contributed by atoms with E-state index in [2.05, 4.69) is 15.9 Å². The lowest BCUT2D eigenvalue weighted by Crippen LogP contribution is -2.49. The number of nitro groups is 1.